The highest BCUT2D eigenvalue weighted by Crippen LogP contribution is 2.32. The monoisotopic (exact) mass is 449 g/mol. The molecule has 1 aliphatic heterocycles. The topological polar surface area (TPSA) is 122 Å². The fourth-order valence-electron chi connectivity index (χ4n) is 2.54. The number of sulfonamides is 1. The average Bonchev–Trinajstić information content (AvgIpc) is 2.71. The van der Waals surface area contributed by atoms with Crippen LogP contribution >= 0.6 is 11.8 Å². The Morgan fingerprint density at radius 1 is 1.17 bits per heavy atom. The van der Waals surface area contributed by atoms with Crippen molar-refractivity contribution in [2.24, 2.45) is 0 Å². The molecule has 9 nitrogen and oxygen atoms in total. The van der Waals surface area contributed by atoms with Crippen LogP contribution in [0.5, 0.6) is 0 Å². The van der Waals surface area contributed by atoms with Gasteiger partial charge in [-0.15, -0.1) is 11.8 Å². The lowest BCUT2D eigenvalue weighted by atomic mass is 10.2. The second-order valence-electron chi connectivity index (χ2n) is 6.48. The summed E-state index contributed by atoms with van der Waals surface area (Å²) in [6.07, 6.45) is 0. The Morgan fingerprint density at radius 2 is 1.87 bits per heavy atom. The Hall–Kier alpha value is -2.89. The predicted octanol–water partition coefficient (Wildman–Crippen LogP) is 1.78. The third kappa shape index (κ3) is 4.99. The van der Waals surface area contributed by atoms with Crippen molar-refractivity contribution in [1.29, 1.82) is 0 Å². The molecule has 2 aromatic carbocycles. The maximum Gasteiger partial charge on any atom is 0.338 e. The number of rotatable bonds is 6. The molecule has 11 heteroatoms. The second kappa shape index (κ2) is 8.86. The molecule has 2 aromatic rings. The molecular formula is C19H19N3O6S2. The fraction of sp³-hybridized carbons (Fsp3) is 0.211. The first-order valence-electron chi connectivity index (χ1n) is 8.73. The first-order valence-corrected chi connectivity index (χ1v) is 11.2. The van der Waals surface area contributed by atoms with Crippen molar-refractivity contribution in [3.63, 3.8) is 0 Å². The van der Waals surface area contributed by atoms with Gasteiger partial charge in [0.15, 0.2) is 6.61 Å². The number of esters is 1. The lowest BCUT2D eigenvalue weighted by Gasteiger charge is -2.16. The van der Waals surface area contributed by atoms with Crippen LogP contribution in [-0.4, -0.2) is 57.0 Å². The van der Waals surface area contributed by atoms with Crippen LogP contribution in [0.2, 0.25) is 0 Å². The van der Waals surface area contributed by atoms with Crippen molar-refractivity contribution in [2.45, 2.75) is 9.79 Å². The Labute approximate surface area is 177 Å². The lowest BCUT2D eigenvalue weighted by Crippen LogP contribution is -2.23. The number of carbonyl (C=O) groups is 3. The molecule has 0 aliphatic carbocycles. The standard InChI is InChI=1S/C19H19N3O6S2/c1-22(2)30(26,27)14-6-4-13(5-7-14)20-17(23)10-28-19(25)12-3-8-16-15(9-12)21-18(24)11-29-16/h3-9H,10-11H2,1-2H3,(H,20,23)(H,21,24). The van der Waals surface area contributed by atoms with Gasteiger partial charge in [0, 0.05) is 24.7 Å². The molecule has 0 saturated carbocycles. The molecule has 0 radical (unpaired) electrons. The maximum absolute atomic E-state index is 12.2. The summed E-state index contributed by atoms with van der Waals surface area (Å²) in [5.41, 5.74) is 1.10. The van der Waals surface area contributed by atoms with Gasteiger partial charge in [-0.05, 0) is 42.5 Å². The summed E-state index contributed by atoms with van der Waals surface area (Å²) in [6, 6.07) is 10.4. The van der Waals surface area contributed by atoms with E-state index >= 15 is 0 Å². The molecule has 0 saturated heterocycles. The number of thioether (sulfide) groups is 1. The second-order valence-corrected chi connectivity index (χ2v) is 9.65. The number of ether oxygens (including phenoxy) is 1. The van der Waals surface area contributed by atoms with Crippen molar-refractivity contribution in [3.8, 4) is 0 Å². The lowest BCUT2D eigenvalue weighted by molar-refractivity contribution is -0.119. The van der Waals surface area contributed by atoms with Crippen molar-refractivity contribution < 1.29 is 27.5 Å². The number of amides is 2. The Bertz CT molecular complexity index is 1100. The first kappa shape index (κ1) is 21.8. The molecule has 158 valence electrons. The Balaban J connectivity index is 1.56. The first-order chi connectivity index (χ1) is 14.2. The fourth-order valence-corrected chi connectivity index (χ4v) is 4.23. The Kier molecular flexibility index (Phi) is 6.44. The van der Waals surface area contributed by atoms with Crippen LogP contribution in [0.1, 0.15) is 10.4 Å². The quantitative estimate of drug-likeness (QED) is 0.645. The number of hydrogen-bond acceptors (Lipinski definition) is 7. The number of hydrogen-bond donors (Lipinski definition) is 2. The predicted molar refractivity (Wildman–Crippen MR) is 112 cm³/mol. The third-order valence-electron chi connectivity index (χ3n) is 4.10. The summed E-state index contributed by atoms with van der Waals surface area (Å²) < 4.78 is 30.2. The number of carbonyl (C=O) groups excluding carboxylic acids is 3. The van der Waals surface area contributed by atoms with E-state index in [0.29, 0.717) is 17.1 Å². The van der Waals surface area contributed by atoms with Crippen molar-refractivity contribution in [2.75, 3.05) is 37.1 Å². The van der Waals surface area contributed by atoms with E-state index in [1.165, 1.54) is 56.2 Å². The van der Waals surface area contributed by atoms with Crippen LogP contribution in [-0.2, 0) is 24.3 Å². The largest absolute Gasteiger partial charge is 0.452 e. The zero-order valence-electron chi connectivity index (χ0n) is 16.2. The summed E-state index contributed by atoms with van der Waals surface area (Å²) in [7, 11) is -0.710. The van der Waals surface area contributed by atoms with Crippen molar-refractivity contribution in [1.82, 2.24) is 4.31 Å². The molecule has 30 heavy (non-hydrogen) atoms. The summed E-state index contributed by atoms with van der Waals surface area (Å²) in [6.45, 7) is -0.519. The van der Waals surface area contributed by atoms with Gasteiger partial charge in [-0.2, -0.15) is 0 Å². The van der Waals surface area contributed by atoms with E-state index in [4.69, 9.17) is 4.74 Å². The van der Waals surface area contributed by atoms with Gasteiger partial charge in [0.05, 0.1) is 21.9 Å². The molecule has 1 heterocycles. The summed E-state index contributed by atoms with van der Waals surface area (Å²) >= 11 is 1.37. The van der Waals surface area contributed by atoms with E-state index in [9.17, 15) is 22.8 Å². The SMILES string of the molecule is CN(C)S(=O)(=O)c1ccc(NC(=O)COC(=O)c2ccc3c(c2)NC(=O)CS3)cc1. The molecule has 0 spiro atoms. The molecule has 0 unspecified atom stereocenters. The molecule has 0 bridgehead atoms. The van der Waals surface area contributed by atoms with Crippen LogP contribution < -0.4 is 10.6 Å². The van der Waals surface area contributed by atoms with Gasteiger partial charge in [0.25, 0.3) is 5.91 Å². The van der Waals surface area contributed by atoms with Crippen LogP contribution in [0.25, 0.3) is 0 Å². The molecule has 2 amide bonds. The molecule has 1 aliphatic rings. The summed E-state index contributed by atoms with van der Waals surface area (Å²) in [5.74, 6) is -1.11. The maximum atomic E-state index is 12.2. The van der Waals surface area contributed by atoms with Crippen molar-refractivity contribution in [3.05, 3.63) is 48.0 Å². The molecule has 0 fully saturated rings. The van der Waals surface area contributed by atoms with Gasteiger partial charge < -0.3 is 15.4 Å². The zero-order chi connectivity index (χ0) is 21.9. The van der Waals surface area contributed by atoms with Gasteiger partial charge in [-0.1, -0.05) is 0 Å². The number of nitrogens with zero attached hydrogens (tertiary/aromatic N) is 1. The normalized spacial score (nSPS) is 13.4. The number of benzene rings is 2. The molecular weight excluding hydrogens is 430 g/mol. The van der Waals surface area contributed by atoms with E-state index in [1.807, 2.05) is 0 Å². The number of fused-ring (bicyclic) bond motifs is 1. The minimum Gasteiger partial charge on any atom is -0.452 e. The highest BCUT2D eigenvalue weighted by molar-refractivity contribution is 8.00. The minimum atomic E-state index is -3.56. The van der Waals surface area contributed by atoms with Gasteiger partial charge in [0.2, 0.25) is 15.9 Å². The number of nitrogens with one attached hydrogen (secondary N) is 2. The minimum absolute atomic E-state index is 0.0922. The van der Waals surface area contributed by atoms with E-state index in [2.05, 4.69) is 10.6 Å². The van der Waals surface area contributed by atoms with Crippen LogP contribution in [0.15, 0.2) is 52.3 Å². The highest BCUT2D eigenvalue weighted by Gasteiger charge is 2.19. The smallest absolute Gasteiger partial charge is 0.338 e. The van der Waals surface area contributed by atoms with Gasteiger partial charge >= 0.3 is 5.97 Å². The Morgan fingerprint density at radius 3 is 2.53 bits per heavy atom. The van der Waals surface area contributed by atoms with E-state index in [-0.39, 0.29) is 16.4 Å². The van der Waals surface area contributed by atoms with Gasteiger partial charge in [0.1, 0.15) is 0 Å². The van der Waals surface area contributed by atoms with Gasteiger partial charge in [-0.3, -0.25) is 9.59 Å². The summed E-state index contributed by atoms with van der Waals surface area (Å²) in [4.78, 5) is 36.6. The number of anilines is 2. The van der Waals surface area contributed by atoms with Crippen LogP contribution in [0, 0.1) is 0 Å². The zero-order valence-corrected chi connectivity index (χ0v) is 17.8. The van der Waals surface area contributed by atoms with Crippen molar-refractivity contribution >= 4 is 50.9 Å². The third-order valence-corrected chi connectivity index (χ3v) is 7.00. The van der Waals surface area contributed by atoms with E-state index < -0.39 is 28.5 Å². The van der Waals surface area contributed by atoms with Gasteiger partial charge in [-0.25, -0.2) is 17.5 Å². The highest BCUT2D eigenvalue weighted by atomic mass is 32.2. The molecule has 3 rings (SSSR count). The van der Waals surface area contributed by atoms with E-state index in [0.717, 1.165) is 9.20 Å². The summed E-state index contributed by atoms with van der Waals surface area (Å²) in [5, 5.41) is 5.21. The van der Waals surface area contributed by atoms with Crippen LogP contribution in [0.4, 0.5) is 11.4 Å². The molecule has 2 N–H and O–H groups in total. The molecule has 0 aromatic heterocycles. The van der Waals surface area contributed by atoms with Crippen LogP contribution in [0.3, 0.4) is 0 Å². The average molecular weight is 450 g/mol. The molecule has 0 atom stereocenters. The van der Waals surface area contributed by atoms with E-state index in [1.54, 1.807) is 12.1 Å².